The van der Waals surface area contributed by atoms with Gasteiger partial charge in [-0.3, -0.25) is 4.79 Å². The number of aromatic amines is 1. The van der Waals surface area contributed by atoms with Crippen LogP contribution in [0.1, 0.15) is 24.0 Å². The van der Waals surface area contributed by atoms with Crippen molar-refractivity contribution in [3.63, 3.8) is 0 Å². The first-order valence-corrected chi connectivity index (χ1v) is 8.12. The SMILES string of the molecule is O=c1[nH]ccnc1N1CCC[C@H](NCc2ccccc2C(F)(F)F)C1. The van der Waals surface area contributed by atoms with Gasteiger partial charge >= 0.3 is 6.18 Å². The Hall–Kier alpha value is -2.35. The number of benzene rings is 1. The zero-order valence-corrected chi connectivity index (χ0v) is 13.5. The molecule has 1 aliphatic rings. The number of H-pyrrole nitrogens is 1. The Morgan fingerprint density at radius 3 is 2.88 bits per heavy atom. The fraction of sp³-hybridized carbons (Fsp3) is 0.412. The molecule has 5 nitrogen and oxygen atoms in total. The number of nitrogens with zero attached hydrogens (tertiary/aromatic N) is 2. The van der Waals surface area contributed by atoms with Gasteiger partial charge in [-0.1, -0.05) is 18.2 Å². The lowest BCUT2D eigenvalue weighted by Gasteiger charge is -2.33. The predicted octanol–water partition coefficient (Wildman–Crippen LogP) is 2.55. The third kappa shape index (κ3) is 4.19. The highest BCUT2D eigenvalue weighted by Crippen LogP contribution is 2.31. The largest absolute Gasteiger partial charge is 0.416 e. The Bertz CT molecular complexity index is 775. The number of hydrogen-bond acceptors (Lipinski definition) is 4. The van der Waals surface area contributed by atoms with E-state index >= 15 is 0 Å². The summed E-state index contributed by atoms with van der Waals surface area (Å²) in [5.74, 6) is 0.352. The maximum atomic E-state index is 13.1. The fourth-order valence-electron chi connectivity index (χ4n) is 3.11. The molecule has 0 radical (unpaired) electrons. The second-order valence-corrected chi connectivity index (χ2v) is 6.06. The summed E-state index contributed by atoms with van der Waals surface area (Å²) < 4.78 is 39.2. The number of alkyl halides is 3. The van der Waals surface area contributed by atoms with Crippen LogP contribution in [0.15, 0.2) is 41.5 Å². The van der Waals surface area contributed by atoms with Crippen molar-refractivity contribution >= 4 is 5.82 Å². The normalized spacial score (nSPS) is 18.4. The monoisotopic (exact) mass is 352 g/mol. The number of anilines is 1. The van der Waals surface area contributed by atoms with Gasteiger partial charge in [0.25, 0.3) is 5.56 Å². The van der Waals surface area contributed by atoms with Crippen molar-refractivity contribution in [2.75, 3.05) is 18.0 Å². The quantitative estimate of drug-likeness (QED) is 0.888. The predicted molar refractivity (Wildman–Crippen MR) is 88.4 cm³/mol. The van der Waals surface area contributed by atoms with Gasteiger partial charge in [0.1, 0.15) is 0 Å². The minimum absolute atomic E-state index is 0.00329. The van der Waals surface area contributed by atoms with Crippen LogP contribution in [0.4, 0.5) is 19.0 Å². The van der Waals surface area contributed by atoms with Gasteiger partial charge in [-0.2, -0.15) is 13.2 Å². The minimum Gasteiger partial charge on any atom is -0.350 e. The van der Waals surface area contributed by atoms with Crippen LogP contribution >= 0.6 is 0 Å². The lowest BCUT2D eigenvalue weighted by molar-refractivity contribution is -0.138. The van der Waals surface area contributed by atoms with Gasteiger partial charge in [-0.05, 0) is 24.5 Å². The summed E-state index contributed by atoms with van der Waals surface area (Å²) in [7, 11) is 0. The molecular formula is C17H19F3N4O. The third-order valence-electron chi connectivity index (χ3n) is 4.31. The number of aromatic nitrogens is 2. The number of hydrogen-bond donors (Lipinski definition) is 2. The summed E-state index contributed by atoms with van der Waals surface area (Å²) in [5.41, 5.74) is -0.648. The third-order valence-corrected chi connectivity index (χ3v) is 4.31. The Labute approximate surface area is 142 Å². The van der Waals surface area contributed by atoms with Crippen molar-refractivity contribution < 1.29 is 13.2 Å². The number of piperidine rings is 1. The molecule has 1 fully saturated rings. The molecule has 25 heavy (non-hydrogen) atoms. The van der Waals surface area contributed by atoms with E-state index in [0.717, 1.165) is 18.9 Å². The highest BCUT2D eigenvalue weighted by Gasteiger charge is 2.33. The van der Waals surface area contributed by atoms with E-state index in [1.54, 1.807) is 6.07 Å². The van der Waals surface area contributed by atoms with Gasteiger partial charge < -0.3 is 15.2 Å². The molecular weight excluding hydrogens is 333 g/mol. The number of nitrogens with one attached hydrogen (secondary N) is 2. The van der Waals surface area contributed by atoms with Crippen LogP contribution in [0.5, 0.6) is 0 Å². The van der Waals surface area contributed by atoms with Crippen LogP contribution in [0, 0.1) is 0 Å². The molecule has 134 valence electrons. The molecule has 0 spiro atoms. The molecule has 2 N–H and O–H groups in total. The molecule has 1 aromatic carbocycles. The molecule has 3 rings (SSSR count). The zero-order valence-electron chi connectivity index (χ0n) is 13.5. The second-order valence-electron chi connectivity index (χ2n) is 6.06. The van der Waals surface area contributed by atoms with Gasteiger partial charge in [-0.25, -0.2) is 4.98 Å². The van der Waals surface area contributed by atoms with Gasteiger partial charge in [0.15, 0.2) is 5.82 Å². The first kappa shape index (κ1) is 17.5. The van der Waals surface area contributed by atoms with E-state index in [1.165, 1.54) is 24.5 Å². The van der Waals surface area contributed by atoms with E-state index in [4.69, 9.17) is 0 Å². The van der Waals surface area contributed by atoms with E-state index in [2.05, 4.69) is 15.3 Å². The molecule has 8 heteroatoms. The van der Waals surface area contributed by atoms with E-state index in [9.17, 15) is 18.0 Å². The summed E-state index contributed by atoms with van der Waals surface area (Å²) in [6.07, 6.45) is 0.315. The van der Waals surface area contributed by atoms with Gasteiger partial charge in [0, 0.05) is 38.1 Å². The maximum Gasteiger partial charge on any atom is 0.416 e. The van der Waals surface area contributed by atoms with Crippen molar-refractivity contribution in [2.45, 2.75) is 31.6 Å². The topological polar surface area (TPSA) is 61.0 Å². The Kier molecular flexibility index (Phi) is 5.08. The molecule has 1 atom stereocenters. The van der Waals surface area contributed by atoms with Crippen LogP contribution in [0.2, 0.25) is 0 Å². The average molecular weight is 352 g/mol. The van der Waals surface area contributed by atoms with Crippen molar-refractivity contribution in [3.8, 4) is 0 Å². The van der Waals surface area contributed by atoms with Crippen molar-refractivity contribution in [1.82, 2.24) is 15.3 Å². The zero-order chi connectivity index (χ0) is 17.9. The van der Waals surface area contributed by atoms with Crippen LogP contribution in [-0.2, 0) is 12.7 Å². The first-order valence-electron chi connectivity index (χ1n) is 8.12. The summed E-state index contributed by atoms with van der Waals surface area (Å²) in [6.45, 7) is 1.37. The molecule has 0 amide bonds. The molecule has 0 saturated carbocycles. The van der Waals surface area contributed by atoms with Crippen molar-refractivity contribution in [1.29, 1.82) is 0 Å². The molecule has 0 bridgehead atoms. The first-order chi connectivity index (χ1) is 11.9. The molecule has 0 unspecified atom stereocenters. The Balaban J connectivity index is 1.67. The molecule has 1 aromatic heterocycles. The lowest BCUT2D eigenvalue weighted by Crippen LogP contribution is -2.47. The van der Waals surface area contributed by atoms with Crippen molar-refractivity contribution in [3.05, 3.63) is 58.1 Å². The van der Waals surface area contributed by atoms with Gasteiger partial charge in [-0.15, -0.1) is 0 Å². The van der Waals surface area contributed by atoms with Crippen LogP contribution in [-0.4, -0.2) is 29.1 Å². The standard InChI is InChI=1S/C17H19F3N4O/c18-17(19,20)14-6-2-1-4-12(14)10-23-13-5-3-9-24(11-13)15-16(25)22-8-7-21-15/h1-2,4,6-8,13,23H,3,5,9-11H2,(H,22,25)/t13-/m0/s1. The van der Waals surface area contributed by atoms with Gasteiger partial charge in [0.05, 0.1) is 5.56 Å². The van der Waals surface area contributed by atoms with Crippen molar-refractivity contribution in [2.24, 2.45) is 0 Å². The van der Waals surface area contributed by atoms with E-state index in [-0.39, 0.29) is 23.7 Å². The molecule has 1 aliphatic heterocycles. The fourth-order valence-corrected chi connectivity index (χ4v) is 3.11. The second kappa shape index (κ2) is 7.26. The smallest absolute Gasteiger partial charge is 0.350 e. The Morgan fingerprint density at radius 1 is 1.32 bits per heavy atom. The van der Waals surface area contributed by atoms with Crippen LogP contribution < -0.4 is 15.8 Å². The highest BCUT2D eigenvalue weighted by atomic mass is 19.4. The molecule has 2 heterocycles. The lowest BCUT2D eigenvalue weighted by atomic mass is 10.0. The van der Waals surface area contributed by atoms with Crippen LogP contribution in [0.3, 0.4) is 0 Å². The summed E-state index contributed by atoms with van der Waals surface area (Å²) in [4.78, 5) is 20.4. The van der Waals surface area contributed by atoms with Crippen LogP contribution in [0.25, 0.3) is 0 Å². The minimum atomic E-state index is -4.36. The molecule has 2 aromatic rings. The van der Waals surface area contributed by atoms with E-state index < -0.39 is 11.7 Å². The molecule has 0 aliphatic carbocycles. The molecule has 1 saturated heterocycles. The highest BCUT2D eigenvalue weighted by molar-refractivity contribution is 5.36. The van der Waals surface area contributed by atoms with E-state index in [1.807, 2.05) is 4.90 Å². The number of rotatable bonds is 4. The number of halogens is 3. The average Bonchev–Trinajstić information content (AvgIpc) is 2.60. The summed E-state index contributed by atoms with van der Waals surface area (Å²) >= 11 is 0. The summed E-state index contributed by atoms with van der Waals surface area (Å²) in [5, 5.41) is 3.19. The maximum absolute atomic E-state index is 13.1. The van der Waals surface area contributed by atoms with E-state index in [0.29, 0.717) is 18.9 Å². The van der Waals surface area contributed by atoms with Gasteiger partial charge in [0.2, 0.25) is 0 Å². The summed E-state index contributed by atoms with van der Waals surface area (Å²) in [6, 6.07) is 5.57. The Morgan fingerprint density at radius 2 is 2.12 bits per heavy atom.